The summed E-state index contributed by atoms with van der Waals surface area (Å²) >= 11 is 2.26. The molecular formula is C19H12F3N5O3S2. The number of nitro benzene ring substituents is 1. The molecule has 4 rings (SSSR count). The van der Waals surface area contributed by atoms with Gasteiger partial charge in [-0.2, -0.15) is 13.2 Å². The van der Waals surface area contributed by atoms with Crippen LogP contribution in [0.25, 0.3) is 10.2 Å². The highest BCUT2D eigenvalue weighted by atomic mass is 32.1. The second kappa shape index (κ2) is 8.51. The number of hydrogen-bond acceptors (Lipinski definition) is 8. The molecule has 1 amide bonds. The first-order valence-electron chi connectivity index (χ1n) is 8.91. The number of nitrogens with zero attached hydrogens (tertiary/aromatic N) is 3. The highest BCUT2D eigenvalue weighted by Gasteiger charge is 2.30. The van der Waals surface area contributed by atoms with Crippen LogP contribution in [0.4, 0.5) is 34.8 Å². The summed E-state index contributed by atoms with van der Waals surface area (Å²) in [5, 5.41) is 18.6. The number of hydrogen-bond donors (Lipinski definition) is 2. The zero-order valence-electron chi connectivity index (χ0n) is 15.8. The van der Waals surface area contributed by atoms with Crippen LogP contribution >= 0.6 is 22.7 Å². The molecule has 2 aromatic carbocycles. The van der Waals surface area contributed by atoms with Gasteiger partial charge < -0.3 is 10.6 Å². The van der Waals surface area contributed by atoms with Crippen LogP contribution in [-0.4, -0.2) is 20.8 Å². The van der Waals surface area contributed by atoms with Gasteiger partial charge in [-0.25, -0.2) is 9.97 Å². The topological polar surface area (TPSA) is 110 Å². The smallest absolute Gasteiger partial charge is 0.332 e. The van der Waals surface area contributed by atoms with Crippen molar-refractivity contribution in [2.45, 2.75) is 12.6 Å². The summed E-state index contributed by atoms with van der Waals surface area (Å²) in [7, 11) is 0. The minimum absolute atomic E-state index is 0.0673. The summed E-state index contributed by atoms with van der Waals surface area (Å²) in [4.78, 5) is 31.1. The van der Waals surface area contributed by atoms with E-state index in [2.05, 4.69) is 20.6 Å². The third-order valence-corrected chi connectivity index (χ3v) is 5.90. The lowest BCUT2D eigenvalue weighted by Crippen LogP contribution is -2.14. The van der Waals surface area contributed by atoms with E-state index in [-0.39, 0.29) is 17.8 Å². The number of carbonyl (C=O) groups excluding carboxylic acids is 1. The van der Waals surface area contributed by atoms with Crippen LogP contribution in [0.1, 0.15) is 11.3 Å². The average Bonchev–Trinajstić information content (AvgIpc) is 3.32. The van der Waals surface area contributed by atoms with Crippen LogP contribution in [0.15, 0.2) is 47.8 Å². The first kappa shape index (κ1) is 21.6. The van der Waals surface area contributed by atoms with Crippen molar-refractivity contribution in [3.05, 3.63) is 69.2 Å². The van der Waals surface area contributed by atoms with Gasteiger partial charge in [-0.15, -0.1) is 11.3 Å². The monoisotopic (exact) mass is 479 g/mol. The SMILES string of the molecule is O=C(Cc1csc(Nc2cccc(C(F)(F)F)c2)n1)Nc1nc2ccc([N+](=O)[O-])cc2s1. The van der Waals surface area contributed by atoms with Crippen molar-refractivity contribution in [3.63, 3.8) is 0 Å². The van der Waals surface area contributed by atoms with Crippen molar-refractivity contribution in [2.24, 2.45) is 0 Å². The molecular weight excluding hydrogens is 467 g/mol. The highest BCUT2D eigenvalue weighted by Crippen LogP contribution is 2.32. The number of thiazole rings is 2. The summed E-state index contributed by atoms with van der Waals surface area (Å²) < 4.78 is 39.1. The second-order valence-corrected chi connectivity index (χ2v) is 8.39. The van der Waals surface area contributed by atoms with Crippen molar-refractivity contribution in [3.8, 4) is 0 Å². The van der Waals surface area contributed by atoms with Crippen LogP contribution in [0.2, 0.25) is 0 Å². The van der Waals surface area contributed by atoms with Gasteiger partial charge in [0.15, 0.2) is 10.3 Å². The van der Waals surface area contributed by atoms with E-state index in [1.807, 2.05) is 0 Å². The van der Waals surface area contributed by atoms with Crippen LogP contribution in [0, 0.1) is 10.1 Å². The van der Waals surface area contributed by atoms with Crippen molar-refractivity contribution in [2.75, 3.05) is 10.6 Å². The van der Waals surface area contributed by atoms with Crippen LogP contribution in [-0.2, 0) is 17.4 Å². The van der Waals surface area contributed by atoms with Crippen LogP contribution in [0.5, 0.6) is 0 Å². The van der Waals surface area contributed by atoms with Crippen molar-refractivity contribution < 1.29 is 22.9 Å². The zero-order chi connectivity index (χ0) is 22.9. The quantitative estimate of drug-likeness (QED) is 0.275. The molecule has 0 spiro atoms. The Labute approximate surface area is 185 Å². The van der Waals surface area contributed by atoms with Gasteiger partial charge in [0.05, 0.1) is 32.8 Å². The first-order valence-corrected chi connectivity index (χ1v) is 10.6. The molecule has 164 valence electrons. The standard InChI is InChI=1S/C19H12F3N5O3S2/c20-19(21,22)10-2-1-3-11(6-10)23-17-24-12(9-31-17)7-16(28)26-18-25-14-5-4-13(27(29)30)8-15(14)32-18/h1-6,8-9H,7H2,(H,23,24)(H,25,26,28). The molecule has 2 heterocycles. The molecule has 13 heteroatoms. The molecule has 4 aromatic rings. The van der Waals surface area contributed by atoms with Crippen molar-refractivity contribution in [1.29, 1.82) is 0 Å². The predicted molar refractivity (Wildman–Crippen MR) is 115 cm³/mol. The van der Waals surface area contributed by atoms with E-state index in [1.54, 1.807) is 5.38 Å². The fourth-order valence-electron chi connectivity index (χ4n) is 2.75. The van der Waals surface area contributed by atoms with Gasteiger partial charge in [0.2, 0.25) is 5.91 Å². The van der Waals surface area contributed by atoms with Crippen molar-refractivity contribution in [1.82, 2.24) is 9.97 Å². The Hall–Kier alpha value is -3.58. The van der Waals surface area contributed by atoms with Crippen molar-refractivity contribution >= 4 is 60.4 Å². The lowest BCUT2D eigenvalue weighted by atomic mass is 10.2. The Balaban J connectivity index is 1.40. The minimum atomic E-state index is -4.45. The predicted octanol–water partition coefficient (Wildman–Crippen LogP) is 5.60. The van der Waals surface area contributed by atoms with E-state index in [0.717, 1.165) is 34.8 Å². The Morgan fingerprint density at radius 1 is 1.12 bits per heavy atom. The molecule has 0 saturated carbocycles. The fourth-order valence-corrected chi connectivity index (χ4v) is 4.40. The van der Waals surface area contributed by atoms with Crippen LogP contribution in [0.3, 0.4) is 0 Å². The van der Waals surface area contributed by atoms with E-state index >= 15 is 0 Å². The number of nitro groups is 1. The van der Waals surface area contributed by atoms with E-state index in [4.69, 9.17) is 0 Å². The average molecular weight is 479 g/mol. The second-order valence-electron chi connectivity index (χ2n) is 6.50. The lowest BCUT2D eigenvalue weighted by molar-refractivity contribution is -0.384. The number of anilines is 3. The summed E-state index contributed by atoms with van der Waals surface area (Å²) in [5.41, 5.74) is 0.340. The number of fused-ring (bicyclic) bond motifs is 1. The molecule has 0 bridgehead atoms. The summed E-state index contributed by atoms with van der Waals surface area (Å²) in [5.74, 6) is -0.394. The lowest BCUT2D eigenvalue weighted by Gasteiger charge is -2.08. The number of non-ortho nitro benzene ring substituents is 1. The number of nitrogens with one attached hydrogen (secondary N) is 2. The molecule has 32 heavy (non-hydrogen) atoms. The number of halogens is 3. The van der Waals surface area contributed by atoms with Gasteiger partial charge in [-0.05, 0) is 24.3 Å². The van der Waals surface area contributed by atoms with E-state index in [0.29, 0.717) is 26.2 Å². The molecule has 8 nitrogen and oxygen atoms in total. The summed E-state index contributed by atoms with van der Waals surface area (Å²) in [6.45, 7) is 0. The summed E-state index contributed by atoms with van der Waals surface area (Å²) in [6.07, 6.45) is -4.52. The number of benzene rings is 2. The van der Waals surface area contributed by atoms with E-state index in [1.165, 1.54) is 30.3 Å². The maximum Gasteiger partial charge on any atom is 0.416 e. The Morgan fingerprint density at radius 2 is 1.94 bits per heavy atom. The van der Waals surface area contributed by atoms with E-state index < -0.39 is 22.6 Å². The highest BCUT2D eigenvalue weighted by molar-refractivity contribution is 7.22. The maximum absolute atomic E-state index is 12.8. The molecule has 2 N–H and O–H groups in total. The molecule has 0 aliphatic heterocycles. The van der Waals surface area contributed by atoms with Gasteiger partial charge in [0, 0.05) is 23.2 Å². The zero-order valence-corrected chi connectivity index (χ0v) is 17.5. The molecule has 0 aliphatic carbocycles. The largest absolute Gasteiger partial charge is 0.416 e. The van der Waals surface area contributed by atoms with Gasteiger partial charge >= 0.3 is 6.18 Å². The normalized spacial score (nSPS) is 11.5. The summed E-state index contributed by atoms with van der Waals surface area (Å²) in [6, 6.07) is 8.96. The van der Waals surface area contributed by atoms with Gasteiger partial charge in [-0.1, -0.05) is 17.4 Å². The molecule has 0 fully saturated rings. The van der Waals surface area contributed by atoms with Crippen LogP contribution < -0.4 is 10.6 Å². The third kappa shape index (κ3) is 5.00. The minimum Gasteiger partial charge on any atom is -0.332 e. The Kier molecular flexibility index (Phi) is 5.76. The van der Waals surface area contributed by atoms with Gasteiger partial charge in [-0.3, -0.25) is 14.9 Å². The van der Waals surface area contributed by atoms with Gasteiger partial charge in [0.1, 0.15) is 0 Å². The molecule has 0 radical (unpaired) electrons. The molecule has 0 aliphatic rings. The number of aromatic nitrogens is 2. The number of amides is 1. The number of alkyl halides is 3. The maximum atomic E-state index is 12.8. The number of carbonyl (C=O) groups is 1. The fraction of sp³-hybridized carbons (Fsp3) is 0.105. The Bertz CT molecular complexity index is 1320. The first-order chi connectivity index (χ1) is 15.2. The number of rotatable bonds is 6. The van der Waals surface area contributed by atoms with E-state index in [9.17, 15) is 28.1 Å². The third-order valence-electron chi connectivity index (χ3n) is 4.16. The molecule has 0 saturated heterocycles. The molecule has 0 unspecified atom stereocenters. The molecule has 0 atom stereocenters. The Morgan fingerprint density at radius 3 is 2.69 bits per heavy atom. The van der Waals surface area contributed by atoms with Gasteiger partial charge in [0.25, 0.3) is 5.69 Å². The molecule has 2 aromatic heterocycles.